The Kier molecular flexibility index (Phi) is 6.41. The number of hydrogen-bond donors (Lipinski definition) is 2. The SMILES string of the molecule is CCCNc1ccnc(C(=O)Nc2ccc(OCc3ccccc3)cc2)c1. The summed E-state index contributed by atoms with van der Waals surface area (Å²) in [6, 6.07) is 20.9. The maximum Gasteiger partial charge on any atom is 0.274 e. The molecule has 0 aliphatic carbocycles. The second-order valence-corrected chi connectivity index (χ2v) is 6.11. The van der Waals surface area contributed by atoms with E-state index in [1.165, 1.54) is 0 Å². The zero-order valence-electron chi connectivity index (χ0n) is 15.3. The average molecular weight is 361 g/mol. The highest BCUT2D eigenvalue weighted by Crippen LogP contribution is 2.18. The molecular formula is C22H23N3O2. The molecule has 5 nitrogen and oxygen atoms in total. The quantitative estimate of drug-likeness (QED) is 0.608. The van der Waals surface area contributed by atoms with Crippen molar-refractivity contribution in [2.45, 2.75) is 20.0 Å². The minimum Gasteiger partial charge on any atom is -0.489 e. The lowest BCUT2D eigenvalue weighted by Crippen LogP contribution is -2.14. The highest BCUT2D eigenvalue weighted by atomic mass is 16.5. The van der Waals surface area contributed by atoms with Gasteiger partial charge in [-0.05, 0) is 48.4 Å². The van der Waals surface area contributed by atoms with Crippen LogP contribution < -0.4 is 15.4 Å². The van der Waals surface area contributed by atoms with Gasteiger partial charge >= 0.3 is 0 Å². The largest absolute Gasteiger partial charge is 0.489 e. The number of rotatable bonds is 8. The lowest BCUT2D eigenvalue weighted by atomic mass is 10.2. The van der Waals surface area contributed by atoms with Crippen LogP contribution in [-0.2, 0) is 6.61 Å². The molecule has 0 bridgehead atoms. The Morgan fingerprint density at radius 3 is 2.52 bits per heavy atom. The van der Waals surface area contributed by atoms with Crippen LogP contribution in [0.2, 0.25) is 0 Å². The number of carbonyl (C=O) groups excluding carboxylic acids is 1. The molecule has 1 aromatic heterocycles. The third-order valence-corrected chi connectivity index (χ3v) is 3.93. The van der Waals surface area contributed by atoms with Crippen LogP contribution in [0.1, 0.15) is 29.4 Å². The van der Waals surface area contributed by atoms with Crippen molar-refractivity contribution in [2.75, 3.05) is 17.2 Å². The molecule has 0 aliphatic rings. The molecule has 0 atom stereocenters. The molecule has 0 saturated heterocycles. The van der Waals surface area contributed by atoms with Crippen molar-refractivity contribution in [1.29, 1.82) is 0 Å². The van der Waals surface area contributed by atoms with E-state index in [4.69, 9.17) is 4.74 Å². The van der Waals surface area contributed by atoms with Crippen LogP contribution >= 0.6 is 0 Å². The van der Waals surface area contributed by atoms with Gasteiger partial charge in [0.05, 0.1) is 0 Å². The van der Waals surface area contributed by atoms with Gasteiger partial charge in [-0.15, -0.1) is 0 Å². The molecule has 5 heteroatoms. The van der Waals surface area contributed by atoms with Crippen molar-refractivity contribution in [3.8, 4) is 5.75 Å². The van der Waals surface area contributed by atoms with Crippen molar-refractivity contribution in [1.82, 2.24) is 4.98 Å². The molecule has 0 fully saturated rings. The molecule has 2 N–H and O–H groups in total. The molecule has 3 rings (SSSR count). The van der Waals surface area contributed by atoms with Gasteiger partial charge in [0.2, 0.25) is 0 Å². The third kappa shape index (κ3) is 5.57. The monoisotopic (exact) mass is 361 g/mol. The molecule has 1 amide bonds. The number of pyridine rings is 1. The molecule has 0 radical (unpaired) electrons. The Hall–Kier alpha value is -3.34. The Bertz CT molecular complexity index is 864. The average Bonchev–Trinajstić information content (AvgIpc) is 2.72. The van der Waals surface area contributed by atoms with Crippen molar-refractivity contribution >= 4 is 17.3 Å². The first-order chi connectivity index (χ1) is 13.2. The molecule has 0 saturated carbocycles. The summed E-state index contributed by atoms with van der Waals surface area (Å²) in [5.41, 5.74) is 3.07. The Balaban J connectivity index is 1.57. The number of amides is 1. The van der Waals surface area contributed by atoms with E-state index < -0.39 is 0 Å². The van der Waals surface area contributed by atoms with E-state index in [9.17, 15) is 4.79 Å². The fourth-order valence-electron chi connectivity index (χ4n) is 2.50. The van der Waals surface area contributed by atoms with E-state index in [2.05, 4.69) is 22.5 Å². The van der Waals surface area contributed by atoms with Crippen LogP contribution in [0.4, 0.5) is 11.4 Å². The first-order valence-electron chi connectivity index (χ1n) is 9.02. The minimum absolute atomic E-state index is 0.242. The minimum atomic E-state index is -0.242. The van der Waals surface area contributed by atoms with Gasteiger partial charge in [0.1, 0.15) is 18.1 Å². The predicted molar refractivity (Wildman–Crippen MR) is 108 cm³/mol. The second kappa shape index (κ2) is 9.38. The van der Waals surface area contributed by atoms with E-state index in [0.717, 1.165) is 30.0 Å². The predicted octanol–water partition coefficient (Wildman–Crippen LogP) is 4.73. The Morgan fingerprint density at radius 1 is 1.00 bits per heavy atom. The van der Waals surface area contributed by atoms with E-state index in [1.807, 2.05) is 60.7 Å². The van der Waals surface area contributed by atoms with Gasteiger partial charge in [-0.3, -0.25) is 9.78 Å². The Morgan fingerprint density at radius 2 is 1.78 bits per heavy atom. The van der Waals surface area contributed by atoms with Crippen LogP contribution in [-0.4, -0.2) is 17.4 Å². The molecule has 0 unspecified atom stereocenters. The van der Waals surface area contributed by atoms with Crippen LogP contribution in [0.5, 0.6) is 5.75 Å². The maximum atomic E-state index is 12.4. The molecular weight excluding hydrogens is 338 g/mol. The summed E-state index contributed by atoms with van der Waals surface area (Å²) in [6.45, 7) is 3.46. The first kappa shape index (κ1) is 18.5. The first-order valence-corrected chi connectivity index (χ1v) is 9.02. The summed E-state index contributed by atoms with van der Waals surface area (Å²) in [7, 11) is 0. The third-order valence-electron chi connectivity index (χ3n) is 3.93. The van der Waals surface area contributed by atoms with Crippen LogP contribution in [0.3, 0.4) is 0 Å². The normalized spacial score (nSPS) is 10.3. The number of anilines is 2. The van der Waals surface area contributed by atoms with Crippen LogP contribution in [0.25, 0.3) is 0 Å². The van der Waals surface area contributed by atoms with E-state index in [-0.39, 0.29) is 5.91 Å². The van der Waals surface area contributed by atoms with Gasteiger partial charge in [0.15, 0.2) is 0 Å². The number of benzene rings is 2. The van der Waals surface area contributed by atoms with Crippen molar-refractivity contribution in [2.24, 2.45) is 0 Å². The van der Waals surface area contributed by atoms with Gasteiger partial charge < -0.3 is 15.4 Å². The molecule has 2 aromatic carbocycles. The second-order valence-electron chi connectivity index (χ2n) is 6.11. The van der Waals surface area contributed by atoms with E-state index in [1.54, 1.807) is 12.3 Å². The molecule has 3 aromatic rings. The van der Waals surface area contributed by atoms with Crippen molar-refractivity contribution in [3.63, 3.8) is 0 Å². The summed E-state index contributed by atoms with van der Waals surface area (Å²) in [5.74, 6) is 0.508. The fourth-order valence-corrected chi connectivity index (χ4v) is 2.50. The van der Waals surface area contributed by atoms with Crippen LogP contribution in [0.15, 0.2) is 72.9 Å². The smallest absolute Gasteiger partial charge is 0.274 e. The number of ether oxygens (including phenoxy) is 1. The number of hydrogen-bond acceptors (Lipinski definition) is 4. The molecule has 0 aliphatic heterocycles. The number of nitrogens with one attached hydrogen (secondary N) is 2. The maximum absolute atomic E-state index is 12.4. The fraction of sp³-hybridized carbons (Fsp3) is 0.182. The van der Waals surface area contributed by atoms with Crippen molar-refractivity contribution < 1.29 is 9.53 Å². The van der Waals surface area contributed by atoms with Crippen molar-refractivity contribution in [3.05, 3.63) is 84.2 Å². The number of aromatic nitrogens is 1. The summed E-state index contributed by atoms with van der Waals surface area (Å²) >= 11 is 0. The van der Waals surface area contributed by atoms with Gasteiger partial charge in [0, 0.05) is 24.1 Å². The standard InChI is InChI=1S/C22H23N3O2/c1-2-13-23-19-12-14-24-21(15-19)22(26)25-18-8-10-20(11-9-18)27-16-17-6-4-3-5-7-17/h3-12,14-15H,2,13,16H2,1H3,(H,23,24)(H,25,26). The van der Waals surface area contributed by atoms with Crippen LogP contribution in [0, 0.1) is 0 Å². The summed E-state index contributed by atoms with van der Waals surface area (Å²) in [4.78, 5) is 16.6. The Labute approximate surface area is 159 Å². The van der Waals surface area contributed by atoms with Gasteiger partial charge in [-0.25, -0.2) is 0 Å². The highest BCUT2D eigenvalue weighted by molar-refractivity contribution is 6.03. The zero-order chi connectivity index (χ0) is 18.9. The molecule has 0 spiro atoms. The summed E-state index contributed by atoms with van der Waals surface area (Å²) < 4.78 is 5.76. The lowest BCUT2D eigenvalue weighted by Gasteiger charge is -2.09. The zero-order valence-corrected chi connectivity index (χ0v) is 15.3. The summed E-state index contributed by atoms with van der Waals surface area (Å²) in [6.07, 6.45) is 2.65. The molecule has 1 heterocycles. The number of carbonyl (C=O) groups is 1. The molecule has 27 heavy (non-hydrogen) atoms. The molecule has 138 valence electrons. The van der Waals surface area contributed by atoms with E-state index in [0.29, 0.717) is 18.0 Å². The van der Waals surface area contributed by atoms with Gasteiger partial charge in [-0.2, -0.15) is 0 Å². The van der Waals surface area contributed by atoms with E-state index >= 15 is 0 Å². The van der Waals surface area contributed by atoms with Gasteiger partial charge in [-0.1, -0.05) is 37.3 Å². The lowest BCUT2D eigenvalue weighted by molar-refractivity contribution is 0.102. The highest BCUT2D eigenvalue weighted by Gasteiger charge is 2.08. The topological polar surface area (TPSA) is 63.2 Å². The number of nitrogens with zero attached hydrogens (tertiary/aromatic N) is 1. The van der Waals surface area contributed by atoms with Gasteiger partial charge in [0.25, 0.3) is 5.91 Å². The summed E-state index contributed by atoms with van der Waals surface area (Å²) in [5, 5.41) is 6.11.